The van der Waals surface area contributed by atoms with Crippen LogP contribution in [0.25, 0.3) is 100 Å². The van der Waals surface area contributed by atoms with Gasteiger partial charge in [-0.15, -0.1) is 0 Å². The van der Waals surface area contributed by atoms with Crippen LogP contribution < -0.4 is 0 Å². The zero-order chi connectivity index (χ0) is 35.1. The lowest BCUT2D eigenvalue weighted by Gasteiger charge is -2.15. The average Bonchev–Trinajstić information content (AvgIpc) is 3.63. The highest BCUT2D eigenvalue weighted by Gasteiger charge is 2.18. The van der Waals surface area contributed by atoms with Gasteiger partial charge in [-0.3, -0.25) is 0 Å². The topological polar surface area (TPSA) is 51.8 Å². The summed E-state index contributed by atoms with van der Waals surface area (Å²) in [6.07, 6.45) is 0. The summed E-state index contributed by atoms with van der Waals surface area (Å²) in [5.41, 5.74) is 11.3. The van der Waals surface area contributed by atoms with E-state index in [1.54, 1.807) is 0 Å². The Hall–Kier alpha value is -7.17. The van der Waals surface area contributed by atoms with Gasteiger partial charge in [0.25, 0.3) is 0 Å². The smallest absolute Gasteiger partial charge is 0.167 e. The van der Waals surface area contributed by atoms with Gasteiger partial charge in [0.15, 0.2) is 17.5 Å². The van der Waals surface area contributed by atoms with E-state index in [9.17, 15) is 0 Å². The minimum Gasteiger partial charge on any atom is -0.455 e. The molecule has 10 rings (SSSR count). The molecular formula is C49H31N3O. The van der Waals surface area contributed by atoms with Gasteiger partial charge in [-0.2, -0.15) is 0 Å². The van der Waals surface area contributed by atoms with Crippen LogP contribution in [0.5, 0.6) is 0 Å². The Morgan fingerprint density at radius 2 is 0.830 bits per heavy atom. The van der Waals surface area contributed by atoms with Crippen molar-refractivity contribution in [2.24, 2.45) is 0 Å². The summed E-state index contributed by atoms with van der Waals surface area (Å²) in [7, 11) is 0. The van der Waals surface area contributed by atoms with Crippen molar-refractivity contribution >= 4 is 32.7 Å². The van der Waals surface area contributed by atoms with Crippen molar-refractivity contribution in [2.45, 2.75) is 0 Å². The normalized spacial score (nSPS) is 11.4. The number of hydrogen-bond acceptors (Lipinski definition) is 4. The molecule has 2 aromatic heterocycles. The summed E-state index contributed by atoms with van der Waals surface area (Å²) in [6, 6.07) is 65.4. The van der Waals surface area contributed by atoms with Crippen molar-refractivity contribution in [1.82, 2.24) is 15.0 Å². The summed E-state index contributed by atoms with van der Waals surface area (Å²) in [6.45, 7) is 0. The highest BCUT2D eigenvalue weighted by molar-refractivity contribution is 6.09. The van der Waals surface area contributed by atoms with Crippen LogP contribution in [0.1, 0.15) is 0 Å². The third kappa shape index (κ3) is 5.54. The molecule has 0 saturated heterocycles. The van der Waals surface area contributed by atoms with Crippen molar-refractivity contribution in [1.29, 1.82) is 0 Å². The minimum atomic E-state index is 0.567. The number of rotatable bonds is 6. The van der Waals surface area contributed by atoms with Gasteiger partial charge in [-0.05, 0) is 56.3 Å². The van der Waals surface area contributed by atoms with E-state index in [1.807, 2.05) is 60.7 Å². The van der Waals surface area contributed by atoms with Crippen molar-refractivity contribution in [3.8, 4) is 67.5 Å². The van der Waals surface area contributed by atoms with Crippen LogP contribution in [0, 0.1) is 0 Å². The summed E-state index contributed by atoms with van der Waals surface area (Å²) in [4.78, 5) is 15.1. The van der Waals surface area contributed by atoms with E-state index in [-0.39, 0.29) is 0 Å². The molecule has 0 aliphatic rings. The van der Waals surface area contributed by atoms with E-state index in [0.717, 1.165) is 44.2 Å². The van der Waals surface area contributed by atoms with Gasteiger partial charge in [0.1, 0.15) is 11.2 Å². The maximum atomic E-state index is 6.41. The molecule has 0 radical (unpaired) electrons. The summed E-state index contributed by atoms with van der Waals surface area (Å²) in [5, 5.41) is 4.51. The number of nitrogens with zero attached hydrogens (tertiary/aromatic N) is 3. The number of benzene rings is 8. The van der Waals surface area contributed by atoms with Crippen molar-refractivity contribution in [3.63, 3.8) is 0 Å². The van der Waals surface area contributed by atoms with Crippen molar-refractivity contribution in [3.05, 3.63) is 188 Å². The van der Waals surface area contributed by atoms with Gasteiger partial charge in [0.05, 0.1) is 5.56 Å². The van der Waals surface area contributed by atoms with Gasteiger partial charge in [0.2, 0.25) is 0 Å². The average molecular weight is 678 g/mol. The molecule has 248 valence electrons. The summed E-state index contributed by atoms with van der Waals surface area (Å²) in [5.74, 6) is 1.78. The molecule has 2 heterocycles. The molecule has 0 atom stereocenters. The van der Waals surface area contributed by atoms with Crippen LogP contribution in [0.3, 0.4) is 0 Å². The maximum absolute atomic E-state index is 6.41. The second-order valence-electron chi connectivity index (χ2n) is 13.2. The van der Waals surface area contributed by atoms with Crippen molar-refractivity contribution in [2.75, 3.05) is 0 Å². The fourth-order valence-corrected chi connectivity index (χ4v) is 7.35. The zero-order valence-corrected chi connectivity index (χ0v) is 28.6. The molecule has 0 spiro atoms. The molecule has 10 aromatic rings. The fourth-order valence-electron chi connectivity index (χ4n) is 7.35. The molecule has 53 heavy (non-hydrogen) atoms. The second-order valence-corrected chi connectivity index (χ2v) is 13.2. The first-order valence-electron chi connectivity index (χ1n) is 17.8. The molecule has 4 nitrogen and oxygen atoms in total. The molecule has 0 aliphatic heterocycles. The Morgan fingerprint density at radius 3 is 1.58 bits per heavy atom. The Labute approximate surface area is 306 Å². The third-order valence-corrected chi connectivity index (χ3v) is 9.98. The van der Waals surface area contributed by atoms with E-state index >= 15 is 0 Å². The summed E-state index contributed by atoms with van der Waals surface area (Å²) >= 11 is 0. The SMILES string of the molecule is c1ccc(-c2ccc(-c3ccc4ccccc4c3-c3ccc(-c4nc(-c5ccccc5)nc(-c5cccc6c5oc5ccccc56)n4)cc3)cc2)cc1. The van der Waals surface area contributed by atoms with E-state index in [1.165, 1.54) is 38.6 Å². The number of fused-ring (bicyclic) bond motifs is 4. The number of aromatic nitrogens is 3. The zero-order valence-electron chi connectivity index (χ0n) is 28.6. The highest BCUT2D eigenvalue weighted by atomic mass is 16.3. The Kier molecular flexibility index (Phi) is 7.43. The quantitative estimate of drug-likeness (QED) is 0.176. The predicted molar refractivity (Wildman–Crippen MR) is 217 cm³/mol. The van der Waals surface area contributed by atoms with Gasteiger partial charge < -0.3 is 4.42 Å². The van der Waals surface area contributed by atoms with Gasteiger partial charge in [-0.1, -0.05) is 176 Å². The highest BCUT2D eigenvalue weighted by Crippen LogP contribution is 2.40. The molecular weight excluding hydrogens is 647 g/mol. The molecule has 0 saturated carbocycles. The predicted octanol–water partition coefficient (Wildman–Crippen LogP) is 12.9. The Balaban J connectivity index is 1.10. The van der Waals surface area contributed by atoms with E-state index in [4.69, 9.17) is 19.4 Å². The lowest BCUT2D eigenvalue weighted by atomic mass is 9.89. The van der Waals surface area contributed by atoms with Crippen LogP contribution >= 0.6 is 0 Å². The number of para-hydroxylation sites is 2. The molecule has 0 unspecified atom stereocenters. The Bertz CT molecular complexity index is 2910. The molecule has 0 amide bonds. The minimum absolute atomic E-state index is 0.567. The molecule has 0 bridgehead atoms. The lowest BCUT2D eigenvalue weighted by Crippen LogP contribution is -2.00. The molecule has 4 heteroatoms. The van der Waals surface area contributed by atoms with Crippen molar-refractivity contribution < 1.29 is 4.42 Å². The third-order valence-electron chi connectivity index (χ3n) is 9.98. The number of furan rings is 1. The molecule has 8 aromatic carbocycles. The van der Waals surface area contributed by atoms with Crippen LogP contribution in [-0.4, -0.2) is 15.0 Å². The maximum Gasteiger partial charge on any atom is 0.167 e. The van der Waals surface area contributed by atoms with Crippen LogP contribution in [0.15, 0.2) is 192 Å². The van der Waals surface area contributed by atoms with E-state index < -0.39 is 0 Å². The monoisotopic (exact) mass is 677 g/mol. The lowest BCUT2D eigenvalue weighted by molar-refractivity contribution is 0.669. The Morgan fingerprint density at radius 1 is 0.302 bits per heavy atom. The molecule has 0 aliphatic carbocycles. The first kappa shape index (κ1) is 30.6. The van der Waals surface area contributed by atoms with E-state index in [2.05, 4.69) is 127 Å². The standard InChI is InChI=1S/C49H31N3O/c1-3-12-32(13-4-1)33-22-24-35(25-23-33)40-31-30-34-14-7-8-17-39(34)45(40)36-26-28-38(29-27-36)48-50-47(37-15-5-2-6-16-37)51-49(52-48)43-20-11-19-42-41-18-9-10-21-44(41)53-46(42)43/h1-31H. The summed E-state index contributed by atoms with van der Waals surface area (Å²) < 4.78 is 6.41. The fraction of sp³-hybridized carbons (Fsp3) is 0. The first-order chi connectivity index (χ1) is 26.3. The second kappa shape index (κ2) is 12.9. The van der Waals surface area contributed by atoms with Gasteiger partial charge in [-0.25, -0.2) is 15.0 Å². The van der Waals surface area contributed by atoms with Crippen LogP contribution in [-0.2, 0) is 0 Å². The van der Waals surface area contributed by atoms with Crippen LogP contribution in [0.4, 0.5) is 0 Å². The van der Waals surface area contributed by atoms with Crippen LogP contribution in [0.2, 0.25) is 0 Å². The van der Waals surface area contributed by atoms with E-state index in [0.29, 0.717) is 17.5 Å². The number of hydrogen-bond donors (Lipinski definition) is 0. The first-order valence-corrected chi connectivity index (χ1v) is 17.8. The molecule has 0 N–H and O–H groups in total. The van der Waals surface area contributed by atoms with Gasteiger partial charge in [0, 0.05) is 21.9 Å². The van der Waals surface area contributed by atoms with Gasteiger partial charge >= 0.3 is 0 Å². The largest absolute Gasteiger partial charge is 0.455 e. The molecule has 0 fully saturated rings.